The maximum atomic E-state index is 12.1. The van der Waals surface area contributed by atoms with Crippen LogP contribution in [0.1, 0.15) is 30.7 Å². The lowest BCUT2D eigenvalue weighted by Gasteiger charge is -2.11. The minimum Gasteiger partial charge on any atom is -0.483 e. The van der Waals surface area contributed by atoms with Gasteiger partial charge in [0.1, 0.15) is 5.75 Å². The highest BCUT2D eigenvalue weighted by Gasteiger charge is 2.22. The lowest BCUT2D eigenvalue weighted by Crippen LogP contribution is -2.38. The molecule has 8 heteroatoms. The second-order valence-electron chi connectivity index (χ2n) is 7.03. The second-order valence-corrected chi connectivity index (χ2v) is 9.18. The van der Waals surface area contributed by atoms with Gasteiger partial charge in [0.25, 0.3) is 5.91 Å². The number of carbonyl (C=O) groups is 2. The van der Waals surface area contributed by atoms with E-state index in [2.05, 4.69) is 15.6 Å². The average Bonchev–Trinajstić information content (AvgIpc) is 3.42. The van der Waals surface area contributed by atoms with E-state index in [1.54, 1.807) is 22.7 Å². The number of carbonyl (C=O) groups excluding carboxylic acids is 2. The Balaban J connectivity index is 1.28. The summed E-state index contributed by atoms with van der Waals surface area (Å²) in [6, 6.07) is 3.96. The largest absolute Gasteiger partial charge is 0.483 e. The first kappa shape index (κ1) is 19.1. The molecule has 0 aliphatic heterocycles. The maximum absolute atomic E-state index is 12.1. The number of aromatic nitrogens is 1. The van der Waals surface area contributed by atoms with Crippen LogP contribution in [0.4, 0.5) is 0 Å². The number of fused-ring (bicyclic) bond motifs is 3. The quantitative estimate of drug-likeness (QED) is 0.576. The lowest BCUT2D eigenvalue weighted by atomic mass is 10.1. The fraction of sp³-hybridized carbons (Fsp3) is 0.450. The number of benzene rings is 1. The second kappa shape index (κ2) is 8.45. The molecule has 1 aliphatic carbocycles. The molecule has 1 fully saturated rings. The van der Waals surface area contributed by atoms with Crippen molar-refractivity contribution in [1.29, 1.82) is 0 Å². The van der Waals surface area contributed by atoms with Gasteiger partial charge in [0.15, 0.2) is 6.61 Å². The minimum atomic E-state index is -0.195. The van der Waals surface area contributed by atoms with Crippen molar-refractivity contribution in [2.45, 2.75) is 32.6 Å². The SMILES string of the molecule is Cc1nc2c(cc(OCC(=O)NCCNC(=O)C3CCCC3)c3ccsc32)s1. The van der Waals surface area contributed by atoms with Gasteiger partial charge in [-0.25, -0.2) is 4.98 Å². The van der Waals surface area contributed by atoms with Gasteiger partial charge in [-0.05, 0) is 31.2 Å². The highest BCUT2D eigenvalue weighted by atomic mass is 32.1. The zero-order valence-corrected chi connectivity index (χ0v) is 17.4. The van der Waals surface area contributed by atoms with Crippen LogP contribution in [0, 0.1) is 12.8 Å². The molecule has 1 saturated carbocycles. The van der Waals surface area contributed by atoms with Crippen molar-refractivity contribution >= 4 is 54.8 Å². The van der Waals surface area contributed by atoms with Crippen molar-refractivity contribution in [3.05, 3.63) is 22.5 Å². The molecule has 3 aromatic rings. The van der Waals surface area contributed by atoms with E-state index in [1.807, 2.05) is 24.4 Å². The van der Waals surface area contributed by atoms with Gasteiger partial charge in [0.2, 0.25) is 5.91 Å². The summed E-state index contributed by atoms with van der Waals surface area (Å²) in [6.45, 7) is 2.79. The zero-order chi connectivity index (χ0) is 19.5. The van der Waals surface area contributed by atoms with Crippen LogP contribution in [-0.2, 0) is 9.59 Å². The van der Waals surface area contributed by atoms with Crippen LogP contribution in [-0.4, -0.2) is 36.5 Å². The number of nitrogens with zero attached hydrogens (tertiary/aromatic N) is 1. The third kappa shape index (κ3) is 4.12. The zero-order valence-electron chi connectivity index (χ0n) is 15.7. The molecule has 0 unspecified atom stereocenters. The highest BCUT2D eigenvalue weighted by Crippen LogP contribution is 2.38. The predicted molar refractivity (Wildman–Crippen MR) is 113 cm³/mol. The first-order valence-electron chi connectivity index (χ1n) is 9.56. The summed E-state index contributed by atoms with van der Waals surface area (Å²) in [5, 5.41) is 9.71. The number of amides is 2. The highest BCUT2D eigenvalue weighted by molar-refractivity contribution is 7.21. The topological polar surface area (TPSA) is 80.3 Å². The Labute approximate surface area is 171 Å². The van der Waals surface area contributed by atoms with Gasteiger partial charge in [-0.3, -0.25) is 9.59 Å². The molecule has 2 aromatic heterocycles. The molecule has 2 N–H and O–H groups in total. The first-order chi connectivity index (χ1) is 13.6. The van der Waals surface area contributed by atoms with Crippen molar-refractivity contribution in [1.82, 2.24) is 15.6 Å². The number of ether oxygens (including phenoxy) is 1. The minimum absolute atomic E-state index is 0.0508. The number of hydrogen-bond acceptors (Lipinski definition) is 6. The molecule has 2 amide bonds. The molecule has 4 rings (SSSR count). The van der Waals surface area contributed by atoms with Gasteiger partial charge >= 0.3 is 0 Å². The standard InChI is InChI=1S/C20H23N3O3S2/c1-12-23-18-16(28-12)10-15(14-6-9-27-19(14)18)26-11-17(24)21-7-8-22-20(25)13-4-2-3-5-13/h6,9-10,13H,2-5,7-8,11H2,1H3,(H,21,24)(H,22,25). The van der Waals surface area contributed by atoms with E-state index >= 15 is 0 Å². The number of rotatable bonds is 7. The van der Waals surface area contributed by atoms with E-state index in [1.165, 1.54) is 0 Å². The van der Waals surface area contributed by atoms with E-state index in [-0.39, 0.29) is 24.3 Å². The van der Waals surface area contributed by atoms with Gasteiger partial charge in [-0.2, -0.15) is 0 Å². The molecule has 6 nitrogen and oxygen atoms in total. The Morgan fingerprint density at radius 1 is 1.25 bits per heavy atom. The van der Waals surface area contributed by atoms with Crippen molar-refractivity contribution in [2.24, 2.45) is 5.92 Å². The van der Waals surface area contributed by atoms with E-state index in [9.17, 15) is 9.59 Å². The fourth-order valence-corrected chi connectivity index (χ4v) is 5.45. The van der Waals surface area contributed by atoms with Crippen molar-refractivity contribution in [3.63, 3.8) is 0 Å². The summed E-state index contributed by atoms with van der Waals surface area (Å²) in [6.07, 6.45) is 4.23. The number of thiophene rings is 1. The van der Waals surface area contributed by atoms with E-state index in [0.717, 1.165) is 51.0 Å². The molecule has 1 aromatic carbocycles. The maximum Gasteiger partial charge on any atom is 0.258 e. The Morgan fingerprint density at radius 3 is 2.86 bits per heavy atom. The number of hydrogen-bond donors (Lipinski definition) is 2. The van der Waals surface area contributed by atoms with Crippen LogP contribution in [0.3, 0.4) is 0 Å². The van der Waals surface area contributed by atoms with E-state index in [4.69, 9.17) is 4.74 Å². The lowest BCUT2D eigenvalue weighted by molar-refractivity contribution is -0.125. The Kier molecular flexibility index (Phi) is 5.77. The van der Waals surface area contributed by atoms with Crippen LogP contribution in [0.25, 0.3) is 20.3 Å². The van der Waals surface area contributed by atoms with Crippen LogP contribution < -0.4 is 15.4 Å². The Hall–Kier alpha value is -2.19. The van der Waals surface area contributed by atoms with Crippen molar-refractivity contribution in [2.75, 3.05) is 19.7 Å². The monoisotopic (exact) mass is 417 g/mol. The summed E-state index contributed by atoms with van der Waals surface area (Å²) in [7, 11) is 0. The molecule has 0 bridgehead atoms. The van der Waals surface area contributed by atoms with Gasteiger partial charge in [-0.1, -0.05) is 12.8 Å². The molecule has 148 valence electrons. The van der Waals surface area contributed by atoms with E-state index < -0.39 is 0 Å². The summed E-state index contributed by atoms with van der Waals surface area (Å²) < 4.78 is 7.96. The summed E-state index contributed by atoms with van der Waals surface area (Å²) >= 11 is 3.26. The van der Waals surface area contributed by atoms with Crippen LogP contribution >= 0.6 is 22.7 Å². The average molecular weight is 418 g/mol. The number of thiazole rings is 1. The molecule has 0 radical (unpaired) electrons. The van der Waals surface area contributed by atoms with Gasteiger partial charge in [-0.15, -0.1) is 22.7 Å². The van der Waals surface area contributed by atoms with Crippen molar-refractivity contribution < 1.29 is 14.3 Å². The Morgan fingerprint density at radius 2 is 2.04 bits per heavy atom. The fourth-order valence-electron chi connectivity index (χ4n) is 3.62. The van der Waals surface area contributed by atoms with Crippen LogP contribution in [0.2, 0.25) is 0 Å². The number of nitrogens with one attached hydrogen (secondary N) is 2. The summed E-state index contributed by atoms with van der Waals surface area (Å²) in [4.78, 5) is 28.7. The first-order valence-corrected chi connectivity index (χ1v) is 11.3. The summed E-state index contributed by atoms with van der Waals surface area (Å²) in [5.41, 5.74) is 1.00. The molecule has 0 saturated heterocycles. The van der Waals surface area contributed by atoms with Crippen LogP contribution in [0.15, 0.2) is 17.5 Å². The molecule has 0 atom stereocenters. The molecule has 1 aliphatic rings. The molecule has 2 heterocycles. The normalized spacial score (nSPS) is 14.6. The predicted octanol–water partition coefficient (Wildman–Crippen LogP) is 3.62. The molecular weight excluding hydrogens is 394 g/mol. The third-order valence-corrected chi connectivity index (χ3v) is 6.84. The Bertz CT molecular complexity index is 1000. The van der Waals surface area contributed by atoms with Gasteiger partial charge in [0, 0.05) is 30.5 Å². The smallest absolute Gasteiger partial charge is 0.258 e. The number of aryl methyl sites for hydroxylation is 1. The summed E-state index contributed by atoms with van der Waals surface area (Å²) in [5.74, 6) is 0.768. The molecular formula is C20H23N3O3S2. The van der Waals surface area contributed by atoms with Gasteiger partial charge in [0.05, 0.1) is 19.9 Å². The van der Waals surface area contributed by atoms with Gasteiger partial charge < -0.3 is 15.4 Å². The third-order valence-electron chi connectivity index (χ3n) is 5.00. The molecule has 28 heavy (non-hydrogen) atoms. The van der Waals surface area contributed by atoms with E-state index in [0.29, 0.717) is 18.8 Å². The molecule has 0 spiro atoms. The van der Waals surface area contributed by atoms with Crippen molar-refractivity contribution in [3.8, 4) is 5.75 Å². The van der Waals surface area contributed by atoms with Crippen LogP contribution in [0.5, 0.6) is 5.75 Å².